The third-order valence-corrected chi connectivity index (χ3v) is 3.09. The largest absolute Gasteiger partial charge is 0.507 e. The van der Waals surface area contributed by atoms with Gasteiger partial charge in [0.05, 0.1) is 24.9 Å². The SMILES string of the molecule is C=CC1=C(O)c2cccc(OCCO)c2OC1.O=C1CC=CO1. The van der Waals surface area contributed by atoms with E-state index < -0.39 is 0 Å². The third kappa shape index (κ3) is 4.14. The summed E-state index contributed by atoms with van der Waals surface area (Å²) in [6, 6.07) is 5.25. The van der Waals surface area contributed by atoms with Gasteiger partial charge in [0.1, 0.15) is 19.0 Å². The van der Waals surface area contributed by atoms with Crippen molar-refractivity contribution in [2.75, 3.05) is 19.8 Å². The zero-order chi connectivity index (χ0) is 16.7. The van der Waals surface area contributed by atoms with E-state index in [1.807, 2.05) is 0 Å². The van der Waals surface area contributed by atoms with Crippen LogP contribution in [0.15, 0.2) is 48.8 Å². The third-order valence-electron chi connectivity index (χ3n) is 3.09. The minimum Gasteiger partial charge on any atom is -0.507 e. The minimum absolute atomic E-state index is 0.0661. The maximum absolute atomic E-state index is 9.99. The number of cyclic esters (lactones) is 1. The summed E-state index contributed by atoms with van der Waals surface area (Å²) in [5, 5.41) is 18.7. The van der Waals surface area contributed by atoms with Crippen molar-refractivity contribution < 1.29 is 29.2 Å². The summed E-state index contributed by atoms with van der Waals surface area (Å²) >= 11 is 0. The first-order valence-corrected chi connectivity index (χ1v) is 7.06. The number of para-hydroxylation sites is 1. The van der Waals surface area contributed by atoms with Crippen molar-refractivity contribution in [1.82, 2.24) is 0 Å². The second-order valence-corrected chi connectivity index (χ2v) is 4.64. The molecule has 2 heterocycles. The predicted octanol–water partition coefficient (Wildman–Crippen LogP) is 2.35. The van der Waals surface area contributed by atoms with Crippen molar-refractivity contribution in [3.8, 4) is 11.5 Å². The highest BCUT2D eigenvalue weighted by Gasteiger charge is 2.21. The fraction of sp³-hybridized carbons (Fsp3) is 0.235. The van der Waals surface area contributed by atoms with Gasteiger partial charge in [0, 0.05) is 5.57 Å². The lowest BCUT2D eigenvalue weighted by molar-refractivity contribution is -0.135. The predicted molar refractivity (Wildman–Crippen MR) is 84.1 cm³/mol. The fourth-order valence-corrected chi connectivity index (χ4v) is 1.98. The van der Waals surface area contributed by atoms with Crippen LogP contribution in [0.4, 0.5) is 0 Å². The molecule has 0 radical (unpaired) electrons. The molecule has 0 unspecified atom stereocenters. The molecule has 2 N–H and O–H groups in total. The van der Waals surface area contributed by atoms with Gasteiger partial charge in [0.15, 0.2) is 11.5 Å². The van der Waals surface area contributed by atoms with Gasteiger partial charge in [-0.3, -0.25) is 4.79 Å². The van der Waals surface area contributed by atoms with Crippen molar-refractivity contribution in [2.45, 2.75) is 6.42 Å². The Morgan fingerprint density at radius 1 is 1.39 bits per heavy atom. The molecule has 2 aliphatic rings. The van der Waals surface area contributed by atoms with E-state index in [9.17, 15) is 9.90 Å². The second kappa shape index (κ2) is 8.05. The molecule has 1 aromatic carbocycles. The Morgan fingerprint density at radius 3 is 2.78 bits per heavy atom. The van der Waals surface area contributed by atoms with Crippen LogP contribution in [0.25, 0.3) is 5.76 Å². The van der Waals surface area contributed by atoms with E-state index in [-0.39, 0.29) is 31.5 Å². The normalized spacial score (nSPS) is 15.1. The molecule has 0 aliphatic carbocycles. The molecular weight excluding hydrogens is 300 g/mol. The van der Waals surface area contributed by atoms with Crippen LogP contribution in [0, 0.1) is 0 Å². The molecule has 0 saturated heterocycles. The molecular formula is C17H18O6. The van der Waals surface area contributed by atoms with Gasteiger partial charge in [-0.25, -0.2) is 0 Å². The van der Waals surface area contributed by atoms with Crippen LogP contribution in [0.5, 0.6) is 11.5 Å². The van der Waals surface area contributed by atoms with Gasteiger partial charge in [0.25, 0.3) is 0 Å². The average molecular weight is 318 g/mol. The van der Waals surface area contributed by atoms with Gasteiger partial charge < -0.3 is 24.4 Å². The summed E-state index contributed by atoms with van der Waals surface area (Å²) in [6.07, 6.45) is 5.10. The van der Waals surface area contributed by atoms with Gasteiger partial charge in [0.2, 0.25) is 0 Å². The van der Waals surface area contributed by atoms with Gasteiger partial charge in [-0.05, 0) is 18.2 Å². The maximum atomic E-state index is 9.99. The van der Waals surface area contributed by atoms with Crippen LogP contribution >= 0.6 is 0 Å². The lowest BCUT2D eigenvalue weighted by Gasteiger charge is -2.21. The number of aliphatic hydroxyl groups is 2. The van der Waals surface area contributed by atoms with Gasteiger partial charge in [-0.15, -0.1) is 0 Å². The standard InChI is InChI=1S/C13H14O4.C4H4O2/c1-2-9-8-17-13-10(12(9)15)4-3-5-11(13)16-7-6-14;5-4-2-1-3-6-4/h2-5,14-15H,1,6-8H2;1,3H,2H2. The van der Waals surface area contributed by atoms with Crippen molar-refractivity contribution in [1.29, 1.82) is 0 Å². The molecule has 3 rings (SSSR count). The van der Waals surface area contributed by atoms with Gasteiger partial charge in [-0.1, -0.05) is 18.7 Å². The quantitative estimate of drug-likeness (QED) is 0.829. The number of hydrogen-bond donors (Lipinski definition) is 2. The number of hydrogen-bond acceptors (Lipinski definition) is 6. The second-order valence-electron chi connectivity index (χ2n) is 4.64. The molecule has 1 aromatic rings. The summed E-state index contributed by atoms with van der Waals surface area (Å²) in [5.41, 5.74) is 1.23. The Kier molecular flexibility index (Phi) is 5.82. The monoisotopic (exact) mass is 318 g/mol. The molecule has 0 saturated carbocycles. The van der Waals surface area contributed by atoms with Crippen LogP contribution in [-0.2, 0) is 9.53 Å². The smallest absolute Gasteiger partial charge is 0.314 e. The van der Waals surface area contributed by atoms with Crippen LogP contribution in [0.3, 0.4) is 0 Å². The number of rotatable bonds is 4. The Morgan fingerprint density at radius 2 is 2.22 bits per heavy atom. The first-order chi connectivity index (χ1) is 11.2. The Labute approximate surface area is 133 Å². The van der Waals surface area contributed by atoms with Crippen LogP contribution in [0.1, 0.15) is 12.0 Å². The number of esters is 1. The molecule has 0 bridgehead atoms. The highest BCUT2D eigenvalue weighted by atomic mass is 16.5. The van der Waals surface area contributed by atoms with Crippen molar-refractivity contribution in [3.63, 3.8) is 0 Å². The molecule has 0 fully saturated rings. The van der Waals surface area contributed by atoms with Crippen LogP contribution in [0.2, 0.25) is 0 Å². The molecule has 0 atom stereocenters. The van der Waals surface area contributed by atoms with Crippen LogP contribution < -0.4 is 9.47 Å². The zero-order valence-corrected chi connectivity index (χ0v) is 12.5. The highest BCUT2D eigenvalue weighted by molar-refractivity contribution is 5.74. The Hall–Kier alpha value is -2.73. The van der Waals surface area contributed by atoms with Crippen LogP contribution in [-0.4, -0.2) is 36.0 Å². The van der Waals surface area contributed by atoms with E-state index >= 15 is 0 Å². The summed E-state index contributed by atoms with van der Waals surface area (Å²) in [4.78, 5) is 9.96. The Balaban J connectivity index is 0.000000268. The lowest BCUT2D eigenvalue weighted by Crippen LogP contribution is -2.12. The first-order valence-electron chi connectivity index (χ1n) is 7.06. The Bertz CT molecular complexity index is 634. The molecule has 6 heteroatoms. The molecule has 0 aromatic heterocycles. The molecule has 2 aliphatic heterocycles. The summed E-state index contributed by atoms with van der Waals surface area (Å²) in [7, 11) is 0. The molecule has 122 valence electrons. The summed E-state index contributed by atoms with van der Waals surface area (Å²) in [6.45, 7) is 4.01. The van der Waals surface area contributed by atoms with E-state index in [1.165, 1.54) is 6.26 Å². The van der Waals surface area contributed by atoms with Gasteiger partial charge in [-0.2, -0.15) is 0 Å². The van der Waals surface area contributed by atoms with Gasteiger partial charge >= 0.3 is 5.97 Å². The lowest BCUT2D eigenvalue weighted by atomic mass is 10.0. The van der Waals surface area contributed by atoms with Crippen molar-refractivity contribution in [2.24, 2.45) is 0 Å². The molecule has 0 amide bonds. The van der Waals surface area contributed by atoms with E-state index in [2.05, 4.69) is 11.3 Å². The highest BCUT2D eigenvalue weighted by Crippen LogP contribution is 2.39. The molecule has 0 spiro atoms. The number of benzene rings is 1. The van der Waals surface area contributed by atoms with E-state index in [0.717, 1.165) is 0 Å². The van der Waals surface area contributed by atoms with Crippen molar-refractivity contribution >= 4 is 11.7 Å². The molecule has 6 nitrogen and oxygen atoms in total. The zero-order valence-electron chi connectivity index (χ0n) is 12.5. The number of ether oxygens (including phenoxy) is 3. The minimum atomic E-state index is -0.157. The number of aliphatic hydroxyl groups excluding tert-OH is 2. The first kappa shape index (κ1) is 16.6. The molecule has 23 heavy (non-hydrogen) atoms. The summed E-state index contributed by atoms with van der Waals surface area (Å²) in [5.74, 6) is 1.03. The van der Waals surface area contributed by atoms with E-state index in [0.29, 0.717) is 29.1 Å². The maximum Gasteiger partial charge on any atom is 0.314 e. The summed E-state index contributed by atoms with van der Waals surface area (Å²) < 4.78 is 15.2. The number of carbonyl (C=O) groups excluding carboxylic acids is 1. The van der Waals surface area contributed by atoms with Crippen molar-refractivity contribution in [3.05, 3.63) is 54.3 Å². The average Bonchev–Trinajstić information content (AvgIpc) is 3.05. The van der Waals surface area contributed by atoms with E-state index in [1.54, 1.807) is 30.4 Å². The number of fused-ring (bicyclic) bond motifs is 1. The van der Waals surface area contributed by atoms with E-state index in [4.69, 9.17) is 14.6 Å². The number of carbonyl (C=O) groups is 1. The fourth-order valence-electron chi connectivity index (χ4n) is 1.98. The topological polar surface area (TPSA) is 85.2 Å².